The Balaban J connectivity index is 1.62. The molecule has 0 saturated carbocycles. The fraction of sp³-hybridized carbons (Fsp3) is 0.273. The van der Waals surface area contributed by atoms with Crippen LogP contribution >= 0.6 is 11.3 Å². The van der Waals surface area contributed by atoms with Crippen LogP contribution in [0.5, 0.6) is 5.75 Å². The van der Waals surface area contributed by atoms with Gasteiger partial charge in [0.2, 0.25) is 0 Å². The van der Waals surface area contributed by atoms with Gasteiger partial charge in [0.05, 0.1) is 11.7 Å². The predicted molar refractivity (Wildman–Crippen MR) is 109 cm³/mol. The van der Waals surface area contributed by atoms with E-state index in [0.717, 1.165) is 28.4 Å². The van der Waals surface area contributed by atoms with Gasteiger partial charge in [-0.2, -0.15) is 0 Å². The Morgan fingerprint density at radius 3 is 2.52 bits per heavy atom. The molecule has 1 amide bonds. The van der Waals surface area contributed by atoms with Crippen LogP contribution in [-0.4, -0.2) is 10.9 Å². The molecule has 5 heteroatoms. The number of rotatable bonds is 7. The predicted octanol–water partition coefficient (Wildman–Crippen LogP) is 5.08. The molecule has 0 spiro atoms. The number of thiazole rings is 1. The molecule has 0 aliphatic rings. The van der Waals surface area contributed by atoms with Gasteiger partial charge in [-0.25, -0.2) is 4.98 Å². The number of hydrogen-bond donors (Lipinski definition) is 1. The van der Waals surface area contributed by atoms with E-state index in [9.17, 15) is 4.79 Å². The minimum absolute atomic E-state index is 0.0584. The number of aromatic nitrogens is 1. The average Bonchev–Trinajstić information content (AvgIpc) is 3.08. The summed E-state index contributed by atoms with van der Waals surface area (Å²) in [5.41, 5.74) is 3.09. The second-order valence-electron chi connectivity index (χ2n) is 6.41. The van der Waals surface area contributed by atoms with E-state index < -0.39 is 0 Å². The monoisotopic (exact) mass is 380 g/mol. The molecule has 0 aliphatic carbocycles. The Bertz CT molecular complexity index is 888. The van der Waals surface area contributed by atoms with E-state index in [1.54, 1.807) is 0 Å². The van der Waals surface area contributed by atoms with E-state index in [1.807, 2.05) is 56.3 Å². The number of nitrogens with one attached hydrogen (secondary N) is 1. The van der Waals surface area contributed by atoms with Crippen LogP contribution in [-0.2, 0) is 13.0 Å². The second kappa shape index (κ2) is 8.82. The highest BCUT2D eigenvalue weighted by Crippen LogP contribution is 2.22. The molecule has 27 heavy (non-hydrogen) atoms. The minimum atomic E-state index is -0.0973. The van der Waals surface area contributed by atoms with Gasteiger partial charge in [0, 0.05) is 0 Å². The van der Waals surface area contributed by atoms with Crippen molar-refractivity contribution in [2.75, 3.05) is 0 Å². The lowest BCUT2D eigenvalue weighted by Crippen LogP contribution is -2.26. The summed E-state index contributed by atoms with van der Waals surface area (Å²) in [6.07, 6.45) is 1.01. The van der Waals surface area contributed by atoms with Gasteiger partial charge in [-0.1, -0.05) is 49.4 Å². The number of ether oxygens (including phenoxy) is 1. The number of carbonyl (C=O) groups is 1. The van der Waals surface area contributed by atoms with Crippen LogP contribution in [0, 0.1) is 6.92 Å². The highest BCUT2D eigenvalue weighted by molar-refractivity contribution is 7.13. The molecule has 1 N–H and O–H groups in total. The summed E-state index contributed by atoms with van der Waals surface area (Å²) in [5.74, 6) is 0.712. The second-order valence-corrected chi connectivity index (χ2v) is 7.50. The smallest absolute Gasteiger partial charge is 0.263 e. The summed E-state index contributed by atoms with van der Waals surface area (Å²) < 4.78 is 5.81. The van der Waals surface area contributed by atoms with Gasteiger partial charge in [0.15, 0.2) is 0 Å². The zero-order valence-corrected chi connectivity index (χ0v) is 16.7. The quantitative estimate of drug-likeness (QED) is 0.621. The molecule has 1 aromatic heterocycles. The van der Waals surface area contributed by atoms with Crippen molar-refractivity contribution in [2.24, 2.45) is 0 Å². The van der Waals surface area contributed by atoms with Crippen molar-refractivity contribution in [3.63, 3.8) is 0 Å². The van der Waals surface area contributed by atoms with Crippen molar-refractivity contribution < 1.29 is 9.53 Å². The van der Waals surface area contributed by atoms with Crippen LogP contribution in [0.3, 0.4) is 0 Å². The van der Waals surface area contributed by atoms with Crippen molar-refractivity contribution in [2.45, 2.75) is 39.8 Å². The Morgan fingerprint density at radius 1 is 1.15 bits per heavy atom. The van der Waals surface area contributed by atoms with Gasteiger partial charge in [-0.05, 0) is 43.5 Å². The summed E-state index contributed by atoms with van der Waals surface area (Å²) in [6, 6.07) is 17.9. The van der Waals surface area contributed by atoms with E-state index >= 15 is 0 Å². The first-order valence-electron chi connectivity index (χ1n) is 9.10. The van der Waals surface area contributed by atoms with Crippen molar-refractivity contribution in [1.29, 1.82) is 0 Å². The third kappa shape index (κ3) is 4.95. The highest BCUT2D eigenvalue weighted by atomic mass is 32.1. The van der Waals surface area contributed by atoms with Crippen molar-refractivity contribution in [1.82, 2.24) is 10.3 Å². The molecule has 3 aromatic rings. The van der Waals surface area contributed by atoms with E-state index in [4.69, 9.17) is 4.74 Å². The van der Waals surface area contributed by atoms with Crippen LogP contribution in [0.25, 0.3) is 0 Å². The van der Waals surface area contributed by atoms with Gasteiger partial charge in [-0.3, -0.25) is 4.79 Å². The van der Waals surface area contributed by atoms with Crippen LogP contribution in [0.4, 0.5) is 0 Å². The Kier molecular flexibility index (Phi) is 6.24. The van der Waals surface area contributed by atoms with E-state index in [0.29, 0.717) is 11.5 Å². The first kappa shape index (κ1) is 19.1. The molecule has 4 nitrogen and oxygen atoms in total. The lowest BCUT2D eigenvalue weighted by molar-refractivity contribution is 0.0943. The van der Waals surface area contributed by atoms with Gasteiger partial charge in [-0.15, -0.1) is 11.3 Å². The fourth-order valence-corrected chi connectivity index (χ4v) is 3.66. The Labute approximate surface area is 164 Å². The maximum Gasteiger partial charge on any atom is 0.263 e. The number of nitrogens with zero attached hydrogens (tertiary/aromatic N) is 1. The van der Waals surface area contributed by atoms with Gasteiger partial charge in [0.25, 0.3) is 5.91 Å². The minimum Gasteiger partial charge on any atom is -0.486 e. The normalized spacial score (nSPS) is 11.8. The molecule has 1 unspecified atom stereocenters. The zero-order chi connectivity index (χ0) is 19.2. The number of hydrogen-bond acceptors (Lipinski definition) is 4. The van der Waals surface area contributed by atoms with Crippen LogP contribution in [0.1, 0.15) is 51.4 Å². The van der Waals surface area contributed by atoms with Crippen molar-refractivity contribution in [3.05, 3.63) is 81.3 Å². The maximum atomic E-state index is 12.6. The van der Waals surface area contributed by atoms with E-state index in [1.165, 1.54) is 16.9 Å². The third-order valence-electron chi connectivity index (χ3n) is 4.39. The first-order chi connectivity index (χ1) is 13.1. The van der Waals surface area contributed by atoms with Crippen LogP contribution < -0.4 is 10.1 Å². The number of benzene rings is 2. The zero-order valence-electron chi connectivity index (χ0n) is 15.9. The summed E-state index contributed by atoms with van der Waals surface area (Å²) in [5, 5.41) is 3.84. The molecule has 2 aromatic carbocycles. The number of carbonyl (C=O) groups excluding carboxylic acids is 1. The summed E-state index contributed by atoms with van der Waals surface area (Å²) in [7, 11) is 0. The van der Waals surface area contributed by atoms with E-state index in [-0.39, 0.29) is 11.9 Å². The largest absolute Gasteiger partial charge is 0.486 e. The van der Waals surface area contributed by atoms with Crippen LogP contribution in [0.2, 0.25) is 0 Å². The molecular weight excluding hydrogens is 356 g/mol. The third-order valence-corrected chi connectivity index (χ3v) is 5.52. The molecule has 140 valence electrons. The molecule has 0 bridgehead atoms. The van der Waals surface area contributed by atoms with Crippen molar-refractivity contribution in [3.8, 4) is 5.75 Å². The average molecular weight is 381 g/mol. The maximum absolute atomic E-state index is 12.6. The van der Waals surface area contributed by atoms with Gasteiger partial charge in [0.1, 0.15) is 22.2 Å². The van der Waals surface area contributed by atoms with Crippen molar-refractivity contribution >= 4 is 17.2 Å². The highest BCUT2D eigenvalue weighted by Gasteiger charge is 2.18. The summed E-state index contributed by atoms with van der Waals surface area (Å²) in [4.78, 5) is 17.8. The Hall–Kier alpha value is -2.66. The lowest BCUT2D eigenvalue weighted by atomic mass is 10.1. The molecule has 0 saturated heterocycles. The topological polar surface area (TPSA) is 51.2 Å². The molecule has 3 rings (SSSR count). The first-order valence-corrected chi connectivity index (χ1v) is 9.92. The lowest BCUT2D eigenvalue weighted by Gasteiger charge is -2.13. The molecule has 0 aliphatic heterocycles. The molecule has 1 heterocycles. The van der Waals surface area contributed by atoms with E-state index in [2.05, 4.69) is 29.4 Å². The fourth-order valence-electron chi connectivity index (χ4n) is 2.78. The van der Waals surface area contributed by atoms with Gasteiger partial charge < -0.3 is 10.1 Å². The molecule has 0 radical (unpaired) electrons. The summed E-state index contributed by atoms with van der Waals surface area (Å²) >= 11 is 1.38. The molecule has 0 fully saturated rings. The number of amides is 1. The molecular formula is C22H24N2O2S. The number of aryl methyl sites for hydroxylation is 2. The van der Waals surface area contributed by atoms with Gasteiger partial charge >= 0.3 is 0 Å². The van der Waals surface area contributed by atoms with Crippen LogP contribution in [0.15, 0.2) is 54.6 Å². The summed E-state index contributed by atoms with van der Waals surface area (Å²) in [6.45, 7) is 6.32. The SMILES string of the molecule is CCc1ccc(OCc2nc(C)c(C(=O)NC(C)c3ccccc3)s2)cc1. The Morgan fingerprint density at radius 2 is 1.85 bits per heavy atom. The molecule has 1 atom stereocenters. The standard InChI is InChI=1S/C22H24N2O2S/c1-4-17-10-12-19(13-11-17)26-14-20-23-16(3)21(27-20)22(25)24-15(2)18-8-6-5-7-9-18/h5-13,15H,4,14H2,1-3H3,(H,24,25).